The molecule has 0 bridgehead atoms. The zero-order valence-corrected chi connectivity index (χ0v) is 17.8. The molecule has 1 saturated carbocycles. The number of esters is 1. The second-order valence-corrected chi connectivity index (χ2v) is 8.05. The van der Waals surface area contributed by atoms with Crippen molar-refractivity contribution >= 4 is 17.9 Å². The molecule has 30 heavy (non-hydrogen) atoms. The minimum Gasteiger partial charge on any atom is -0.493 e. The minimum atomic E-state index is -0.432. The summed E-state index contributed by atoms with van der Waals surface area (Å²) < 4.78 is 11.1. The average molecular weight is 404 g/mol. The molecule has 0 unspecified atom stereocenters. The molecule has 156 valence electrons. The van der Waals surface area contributed by atoms with Gasteiger partial charge in [0, 0.05) is 11.1 Å². The standard InChI is InChI=1S/C26H29NO3/c1-3-18-9-11-19(12-10-18)20-13-15-21(16-14-20)25-27-23(26(28)30-25)17-22-7-5-6-8-24(22)29-4-2/h5-8,13-19H,3-4,9-12H2,1-2H3/b23-17+. The summed E-state index contributed by atoms with van der Waals surface area (Å²) >= 11 is 0. The van der Waals surface area contributed by atoms with E-state index >= 15 is 0 Å². The fourth-order valence-electron chi connectivity index (χ4n) is 4.37. The first kappa shape index (κ1) is 20.4. The van der Waals surface area contributed by atoms with Gasteiger partial charge in [0.05, 0.1) is 6.61 Å². The van der Waals surface area contributed by atoms with E-state index in [1.165, 1.54) is 37.7 Å². The van der Waals surface area contributed by atoms with E-state index in [1.807, 2.05) is 43.3 Å². The highest BCUT2D eigenvalue weighted by Gasteiger charge is 2.25. The van der Waals surface area contributed by atoms with Crippen molar-refractivity contribution in [1.29, 1.82) is 0 Å². The van der Waals surface area contributed by atoms with Crippen molar-refractivity contribution in [2.75, 3.05) is 6.61 Å². The summed E-state index contributed by atoms with van der Waals surface area (Å²) in [7, 11) is 0. The van der Waals surface area contributed by atoms with E-state index < -0.39 is 5.97 Å². The molecule has 2 aromatic carbocycles. The minimum absolute atomic E-state index is 0.291. The third kappa shape index (κ3) is 4.48. The molecule has 0 radical (unpaired) electrons. The van der Waals surface area contributed by atoms with Crippen molar-refractivity contribution in [1.82, 2.24) is 0 Å². The maximum atomic E-state index is 12.4. The number of carbonyl (C=O) groups excluding carboxylic acids is 1. The molecule has 1 aliphatic heterocycles. The molecule has 0 amide bonds. The Bertz CT molecular complexity index is 950. The first-order valence-electron chi connectivity index (χ1n) is 11.0. The number of para-hydroxylation sites is 1. The maximum absolute atomic E-state index is 12.4. The van der Waals surface area contributed by atoms with Crippen LogP contribution in [0.4, 0.5) is 0 Å². The Morgan fingerprint density at radius 3 is 2.47 bits per heavy atom. The van der Waals surface area contributed by atoms with Gasteiger partial charge in [0.2, 0.25) is 5.90 Å². The number of hydrogen-bond donors (Lipinski definition) is 0. The van der Waals surface area contributed by atoms with Crippen LogP contribution < -0.4 is 4.74 Å². The molecule has 1 aliphatic carbocycles. The molecule has 0 N–H and O–H groups in total. The van der Waals surface area contributed by atoms with E-state index in [4.69, 9.17) is 9.47 Å². The van der Waals surface area contributed by atoms with Gasteiger partial charge in [-0.2, -0.15) is 0 Å². The molecule has 4 nitrogen and oxygen atoms in total. The van der Waals surface area contributed by atoms with Gasteiger partial charge in [0.25, 0.3) is 0 Å². The molecule has 1 fully saturated rings. The molecule has 0 spiro atoms. The van der Waals surface area contributed by atoms with Crippen molar-refractivity contribution in [2.45, 2.75) is 51.9 Å². The molecule has 4 heteroatoms. The molecule has 0 atom stereocenters. The Morgan fingerprint density at radius 2 is 1.77 bits per heavy atom. The number of cyclic esters (lactones) is 1. The highest BCUT2D eigenvalue weighted by Crippen LogP contribution is 2.37. The number of aliphatic imine (C=N–C) groups is 1. The van der Waals surface area contributed by atoms with Crippen LogP contribution in [0.5, 0.6) is 5.75 Å². The summed E-state index contributed by atoms with van der Waals surface area (Å²) in [6.07, 6.45) is 8.19. The Hall–Kier alpha value is -2.88. The summed E-state index contributed by atoms with van der Waals surface area (Å²) in [4.78, 5) is 16.8. The highest BCUT2D eigenvalue weighted by molar-refractivity contribution is 6.12. The van der Waals surface area contributed by atoms with Crippen LogP contribution in [0.15, 0.2) is 59.2 Å². The van der Waals surface area contributed by atoms with Crippen molar-refractivity contribution in [3.63, 3.8) is 0 Å². The van der Waals surface area contributed by atoms with Gasteiger partial charge < -0.3 is 9.47 Å². The number of benzene rings is 2. The Kier molecular flexibility index (Phi) is 6.32. The lowest BCUT2D eigenvalue weighted by atomic mass is 9.78. The lowest BCUT2D eigenvalue weighted by Crippen LogP contribution is -2.13. The van der Waals surface area contributed by atoms with Gasteiger partial charge in [0.15, 0.2) is 5.70 Å². The second-order valence-electron chi connectivity index (χ2n) is 8.05. The molecule has 1 heterocycles. The van der Waals surface area contributed by atoms with Crippen LogP contribution in [0.2, 0.25) is 0 Å². The van der Waals surface area contributed by atoms with E-state index in [0.29, 0.717) is 24.1 Å². The third-order valence-corrected chi connectivity index (χ3v) is 6.18. The Balaban J connectivity index is 1.50. The summed E-state index contributed by atoms with van der Waals surface area (Å²) in [6, 6.07) is 16.0. The Morgan fingerprint density at radius 1 is 1.03 bits per heavy atom. The Labute approximate surface area is 178 Å². The van der Waals surface area contributed by atoms with Crippen molar-refractivity contribution in [3.8, 4) is 5.75 Å². The number of ether oxygens (including phenoxy) is 2. The quantitative estimate of drug-likeness (QED) is 0.432. The predicted octanol–water partition coefficient (Wildman–Crippen LogP) is 6.11. The monoisotopic (exact) mass is 403 g/mol. The zero-order valence-electron chi connectivity index (χ0n) is 17.8. The molecule has 2 aliphatic rings. The molecule has 2 aromatic rings. The number of rotatable bonds is 6. The smallest absolute Gasteiger partial charge is 0.363 e. The van der Waals surface area contributed by atoms with Crippen molar-refractivity contribution in [2.24, 2.45) is 10.9 Å². The summed E-state index contributed by atoms with van der Waals surface area (Å²) in [6.45, 7) is 4.79. The average Bonchev–Trinajstić information content (AvgIpc) is 3.16. The van der Waals surface area contributed by atoms with Gasteiger partial charge in [-0.1, -0.05) is 43.7 Å². The van der Waals surface area contributed by atoms with Crippen LogP contribution in [0, 0.1) is 5.92 Å². The van der Waals surface area contributed by atoms with E-state index in [1.54, 1.807) is 6.08 Å². The van der Waals surface area contributed by atoms with Crippen LogP contribution in [0.1, 0.15) is 68.6 Å². The second kappa shape index (κ2) is 9.29. The maximum Gasteiger partial charge on any atom is 0.363 e. The normalized spacial score (nSPS) is 22.7. The van der Waals surface area contributed by atoms with Crippen LogP contribution in [0.3, 0.4) is 0 Å². The summed E-state index contributed by atoms with van der Waals surface area (Å²) in [5.74, 6) is 2.19. The van der Waals surface area contributed by atoms with E-state index in [2.05, 4.69) is 24.0 Å². The molecular weight excluding hydrogens is 374 g/mol. The molecule has 4 rings (SSSR count). The fraction of sp³-hybridized carbons (Fsp3) is 0.385. The summed E-state index contributed by atoms with van der Waals surface area (Å²) in [5, 5.41) is 0. The number of carbonyl (C=O) groups is 1. The van der Waals surface area contributed by atoms with E-state index in [0.717, 1.165) is 22.8 Å². The van der Waals surface area contributed by atoms with Crippen molar-refractivity contribution < 1.29 is 14.3 Å². The van der Waals surface area contributed by atoms with Gasteiger partial charge in [-0.15, -0.1) is 0 Å². The molecule has 0 aromatic heterocycles. The molecular formula is C26H29NO3. The van der Waals surface area contributed by atoms with Crippen LogP contribution in [-0.2, 0) is 9.53 Å². The lowest BCUT2D eigenvalue weighted by molar-refractivity contribution is -0.129. The van der Waals surface area contributed by atoms with Gasteiger partial charge in [-0.05, 0) is 74.3 Å². The predicted molar refractivity (Wildman–Crippen MR) is 120 cm³/mol. The van der Waals surface area contributed by atoms with Crippen molar-refractivity contribution in [3.05, 3.63) is 70.9 Å². The first-order chi connectivity index (χ1) is 14.7. The van der Waals surface area contributed by atoms with Gasteiger partial charge in [-0.3, -0.25) is 0 Å². The van der Waals surface area contributed by atoms with E-state index in [9.17, 15) is 4.79 Å². The van der Waals surface area contributed by atoms with Crippen LogP contribution >= 0.6 is 0 Å². The lowest BCUT2D eigenvalue weighted by Gasteiger charge is -2.28. The van der Waals surface area contributed by atoms with Crippen LogP contribution in [-0.4, -0.2) is 18.5 Å². The van der Waals surface area contributed by atoms with Crippen LogP contribution in [0.25, 0.3) is 6.08 Å². The van der Waals surface area contributed by atoms with E-state index in [-0.39, 0.29) is 0 Å². The zero-order chi connectivity index (χ0) is 20.9. The topological polar surface area (TPSA) is 47.9 Å². The first-order valence-corrected chi connectivity index (χ1v) is 11.0. The van der Waals surface area contributed by atoms with Gasteiger partial charge in [-0.25, -0.2) is 9.79 Å². The number of nitrogens with zero attached hydrogens (tertiary/aromatic N) is 1. The molecule has 0 saturated heterocycles. The largest absolute Gasteiger partial charge is 0.493 e. The summed E-state index contributed by atoms with van der Waals surface area (Å²) in [5.41, 5.74) is 3.31. The third-order valence-electron chi connectivity index (χ3n) is 6.18. The van der Waals surface area contributed by atoms with Gasteiger partial charge >= 0.3 is 5.97 Å². The number of hydrogen-bond acceptors (Lipinski definition) is 4. The fourth-order valence-corrected chi connectivity index (χ4v) is 4.37. The van der Waals surface area contributed by atoms with Gasteiger partial charge in [0.1, 0.15) is 5.75 Å². The highest BCUT2D eigenvalue weighted by atomic mass is 16.6. The SMILES string of the molecule is CCOc1ccccc1/C=C1/N=C(c2ccc(C3CCC(CC)CC3)cc2)OC1=O.